The van der Waals surface area contributed by atoms with Gasteiger partial charge in [0, 0.05) is 6.61 Å². The zero-order valence-corrected chi connectivity index (χ0v) is 16.8. The number of hydrogen-bond acceptors (Lipinski definition) is 3. The molecule has 1 atom stereocenters. The van der Waals surface area contributed by atoms with Crippen molar-refractivity contribution in [3.63, 3.8) is 0 Å². The molecule has 0 spiro atoms. The van der Waals surface area contributed by atoms with E-state index in [0.29, 0.717) is 13.2 Å². The summed E-state index contributed by atoms with van der Waals surface area (Å²) < 4.78 is 5.37. The van der Waals surface area contributed by atoms with Crippen molar-refractivity contribution in [1.82, 2.24) is 0 Å². The standard InChI is InChI=1S/C22H43NO2/c1-2-3-4-5-6-7-8-9-10-11-12-13-14-15-16-17-20-25-21-22(24)18-19-23/h22,24H,2-18,20-21H2,1H3. The van der Waals surface area contributed by atoms with Crippen LogP contribution in [0.1, 0.15) is 116 Å². The molecule has 0 amide bonds. The van der Waals surface area contributed by atoms with Crippen LogP contribution in [-0.4, -0.2) is 24.4 Å². The molecule has 0 bridgehead atoms. The van der Waals surface area contributed by atoms with Crippen molar-refractivity contribution in [3.05, 3.63) is 0 Å². The lowest BCUT2D eigenvalue weighted by Gasteiger charge is -2.07. The Morgan fingerprint density at radius 1 is 0.720 bits per heavy atom. The third-order valence-corrected chi connectivity index (χ3v) is 4.78. The van der Waals surface area contributed by atoms with Crippen LogP contribution in [-0.2, 0) is 4.74 Å². The maximum absolute atomic E-state index is 9.34. The van der Waals surface area contributed by atoms with Crippen LogP contribution in [0.15, 0.2) is 0 Å². The normalized spacial score (nSPS) is 12.2. The van der Waals surface area contributed by atoms with Crippen LogP contribution >= 0.6 is 0 Å². The molecule has 3 heteroatoms. The smallest absolute Gasteiger partial charge is 0.0903 e. The van der Waals surface area contributed by atoms with E-state index in [2.05, 4.69) is 6.92 Å². The Bertz CT molecular complexity index is 288. The molecule has 0 saturated carbocycles. The van der Waals surface area contributed by atoms with Crippen molar-refractivity contribution in [2.75, 3.05) is 13.2 Å². The van der Waals surface area contributed by atoms with Crippen molar-refractivity contribution in [2.24, 2.45) is 0 Å². The van der Waals surface area contributed by atoms with E-state index >= 15 is 0 Å². The van der Waals surface area contributed by atoms with Crippen molar-refractivity contribution in [3.8, 4) is 6.07 Å². The predicted octanol–water partition coefficient (Wildman–Crippen LogP) is 6.54. The number of nitrogens with zero attached hydrogens (tertiary/aromatic N) is 1. The van der Waals surface area contributed by atoms with Gasteiger partial charge in [-0.15, -0.1) is 0 Å². The molecular formula is C22H43NO2. The second-order valence-electron chi connectivity index (χ2n) is 7.39. The molecule has 0 aliphatic heterocycles. The van der Waals surface area contributed by atoms with Gasteiger partial charge in [-0.2, -0.15) is 5.26 Å². The van der Waals surface area contributed by atoms with E-state index in [0.717, 1.165) is 6.42 Å². The Morgan fingerprint density at radius 2 is 1.12 bits per heavy atom. The van der Waals surface area contributed by atoms with E-state index in [1.54, 1.807) is 0 Å². The lowest BCUT2D eigenvalue weighted by Crippen LogP contribution is -2.14. The van der Waals surface area contributed by atoms with E-state index < -0.39 is 6.10 Å². The number of hydrogen-bond donors (Lipinski definition) is 1. The molecule has 0 aliphatic carbocycles. The van der Waals surface area contributed by atoms with Gasteiger partial charge in [0.25, 0.3) is 0 Å². The molecule has 1 N–H and O–H groups in total. The fourth-order valence-corrected chi connectivity index (χ4v) is 3.14. The van der Waals surface area contributed by atoms with Gasteiger partial charge in [0.05, 0.1) is 25.2 Å². The lowest BCUT2D eigenvalue weighted by molar-refractivity contribution is 0.0376. The van der Waals surface area contributed by atoms with E-state index in [4.69, 9.17) is 10.00 Å². The largest absolute Gasteiger partial charge is 0.390 e. The zero-order valence-electron chi connectivity index (χ0n) is 16.8. The molecule has 0 fully saturated rings. The summed E-state index contributed by atoms with van der Waals surface area (Å²) in [5.74, 6) is 0. The van der Waals surface area contributed by atoms with Crippen LogP contribution in [0.25, 0.3) is 0 Å². The summed E-state index contributed by atoms with van der Waals surface area (Å²) in [6, 6.07) is 1.95. The first-order valence-electron chi connectivity index (χ1n) is 10.9. The highest BCUT2D eigenvalue weighted by atomic mass is 16.5. The molecule has 148 valence electrons. The quantitative estimate of drug-likeness (QED) is 0.253. The summed E-state index contributed by atoms with van der Waals surface area (Å²) in [6.45, 7) is 3.29. The van der Waals surface area contributed by atoms with Gasteiger partial charge in [0.15, 0.2) is 0 Å². The zero-order chi connectivity index (χ0) is 18.4. The van der Waals surface area contributed by atoms with Gasteiger partial charge in [0.2, 0.25) is 0 Å². The van der Waals surface area contributed by atoms with Crippen LogP contribution in [0.3, 0.4) is 0 Å². The Hall–Kier alpha value is -0.590. The number of aliphatic hydroxyl groups excluding tert-OH is 1. The Balaban J connectivity index is 3.02. The fraction of sp³-hybridized carbons (Fsp3) is 0.955. The second-order valence-corrected chi connectivity index (χ2v) is 7.39. The van der Waals surface area contributed by atoms with E-state index in [1.807, 2.05) is 6.07 Å². The Labute approximate surface area is 157 Å². The maximum atomic E-state index is 9.34. The third-order valence-electron chi connectivity index (χ3n) is 4.78. The summed E-state index contributed by atoms with van der Waals surface area (Å²) in [7, 11) is 0. The fourth-order valence-electron chi connectivity index (χ4n) is 3.14. The Kier molecular flexibility index (Phi) is 20.9. The monoisotopic (exact) mass is 353 g/mol. The van der Waals surface area contributed by atoms with Gasteiger partial charge in [0.1, 0.15) is 0 Å². The van der Waals surface area contributed by atoms with Gasteiger partial charge in [-0.1, -0.05) is 103 Å². The van der Waals surface area contributed by atoms with Crippen LogP contribution in [0, 0.1) is 11.3 Å². The maximum Gasteiger partial charge on any atom is 0.0903 e. The van der Waals surface area contributed by atoms with Crippen molar-refractivity contribution in [1.29, 1.82) is 5.26 Å². The average Bonchev–Trinajstić information content (AvgIpc) is 2.61. The molecule has 0 heterocycles. The molecule has 25 heavy (non-hydrogen) atoms. The molecule has 0 rings (SSSR count). The lowest BCUT2D eigenvalue weighted by atomic mass is 10.0. The molecule has 0 aromatic carbocycles. The van der Waals surface area contributed by atoms with E-state index in [1.165, 1.54) is 96.3 Å². The number of ether oxygens (including phenoxy) is 1. The van der Waals surface area contributed by atoms with Crippen LogP contribution < -0.4 is 0 Å². The van der Waals surface area contributed by atoms with E-state index in [9.17, 15) is 5.11 Å². The van der Waals surface area contributed by atoms with Gasteiger partial charge >= 0.3 is 0 Å². The van der Waals surface area contributed by atoms with Gasteiger partial charge in [-0.25, -0.2) is 0 Å². The number of rotatable bonds is 20. The first kappa shape index (κ1) is 24.4. The topological polar surface area (TPSA) is 53.2 Å². The first-order chi connectivity index (χ1) is 12.3. The minimum Gasteiger partial charge on any atom is -0.390 e. The average molecular weight is 354 g/mol. The second kappa shape index (κ2) is 21.5. The van der Waals surface area contributed by atoms with Crippen LogP contribution in [0.2, 0.25) is 0 Å². The molecule has 3 nitrogen and oxygen atoms in total. The van der Waals surface area contributed by atoms with Crippen LogP contribution in [0.4, 0.5) is 0 Å². The predicted molar refractivity (Wildman–Crippen MR) is 107 cm³/mol. The summed E-state index contributed by atoms with van der Waals surface area (Å²) in [5.41, 5.74) is 0. The van der Waals surface area contributed by atoms with Gasteiger partial charge in [-0.05, 0) is 6.42 Å². The highest BCUT2D eigenvalue weighted by Crippen LogP contribution is 2.13. The van der Waals surface area contributed by atoms with Gasteiger partial charge in [-0.3, -0.25) is 0 Å². The summed E-state index contributed by atoms with van der Waals surface area (Å²) in [4.78, 5) is 0. The number of nitriles is 1. The molecular weight excluding hydrogens is 310 g/mol. The summed E-state index contributed by atoms with van der Waals surface area (Å²) in [6.07, 6.45) is 21.5. The molecule has 0 aliphatic rings. The number of unbranched alkanes of at least 4 members (excludes halogenated alkanes) is 15. The molecule has 1 unspecified atom stereocenters. The summed E-state index contributed by atoms with van der Waals surface area (Å²) >= 11 is 0. The SMILES string of the molecule is CCCCCCCCCCCCCCCCCCOCC(O)CC#N. The van der Waals surface area contributed by atoms with Crippen molar-refractivity contribution < 1.29 is 9.84 Å². The first-order valence-corrected chi connectivity index (χ1v) is 10.9. The third kappa shape index (κ3) is 21.4. The van der Waals surface area contributed by atoms with Crippen molar-refractivity contribution >= 4 is 0 Å². The minimum atomic E-state index is -0.619. The van der Waals surface area contributed by atoms with Gasteiger partial charge < -0.3 is 9.84 Å². The van der Waals surface area contributed by atoms with E-state index in [-0.39, 0.29) is 6.42 Å². The van der Waals surface area contributed by atoms with Crippen LogP contribution in [0.5, 0.6) is 0 Å². The highest BCUT2D eigenvalue weighted by Gasteiger charge is 2.02. The molecule has 0 aromatic rings. The summed E-state index contributed by atoms with van der Waals surface area (Å²) in [5, 5.41) is 17.8. The highest BCUT2D eigenvalue weighted by molar-refractivity contribution is 4.74. The molecule has 0 radical (unpaired) electrons. The van der Waals surface area contributed by atoms with Crippen molar-refractivity contribution in [2.45, 2.75) is 122 Å². The minimum absolute atomic E-state index is 0.166. The Morgan fingerprint density at radius 3 is 1.52 bits per heavy atom. The molecule has 0 aromatic heterocycles. The number of aliphatic hydroxyl groups is 1. The molecule has 0 saturated heterocycles.